The number of aliphatic imine (C=N–C) groups is 1. The van der Waals surface area contributed by atoms with E-state index in [1.54, 1.807) is 24.3 Å². The van der Waals surface area contributed by atoms with Gasteiger partial charge >= 0.3 is 0 Å². The van der Waals surface area contributed by atoms with Crippen LogP contribution in [-0.2, 0) is 5.54 Å². The van der Waals surface area contributed by atoms with Crippen molar-refractivity contribution in [3.05, 3.63) is 83.9 Å². The van der Waals surface area contributed by atoms with Crippen LogP contribution in [0, 0.1) is 0 Å². The number of nitrogens with zero attached hydrogens (tertiary/aromatic N) is 1. The number of aromatic hydroxyl groups is 2. The zero-order valence-electron chi connectivity index (χ0n) is 14.5. The molecule has 0 spiro atoms. The lowest BCUT2D eigenvalue weighted by atomic mass is 9.85. The van der Waals surface area contributed by atoms with Crippen molar-refractivity contribution in [3.63, 3.8) is 0 Å². The van der Waals surface area contributed by atoms with Crippen molar-refractivity contribution in [2.24, 2.45) is 4.99 Å². The molecule has 3 N–H and O–H groups in total. The average Bonchev–Trinajstić information content (AvgIpc) is 2.79. The lowest BCUT2D eigenvalue weighted by molar-refractivity contribution is 0.473. The van der Waals surface area contributed by atoms with E-state index in [1.165, 1.54) is 0 Å². The molecule has 0 fully saturated rings. The highest BCUT2D eigenvalue weighted by molar-refractivity contribution is 6.04. The van der Waals surface area contributed by atoms with Crippen LogP contribution >= 0.6 is 0 Å². The fourth-order valence-corrected chi connectivity index (χ4v) is 3.36. The van der Waals surface area contributed by atoms with Crippen molar-refractivity contribution in [1.29, 1.82) is 0 Å². The molecule has 4 heteroatoms. The highest BCUT2D eigenvalue weighted by atomic mass is 16.3. The first kappa shape index (κ1) is 16.2. The van der Waals surface area contributed by atoms with E-state index in [-0.39, 0.29) is 11.5 Å². The molecule has 1 atom stereocenters. The Balaban J connectivity index is 1.84. The summed E-state index contributed by atoms with van der Waals surface area (Å²) in [5.74, 6) is 0.488. The first-order valence-corrected chi connectivity index (χ1v) is 8.57. The number of phenols is 2. The van der Waals surface area contributed by atoms with Crippen LogP contribution in [0.4, 0.5) is 11.4 Å². The molecule has 0 aliphatic carbocycles. The predicted molar refractivity (Wildman–Crippen MR) is 104 cm³/mol. The molecule has 0 amide bonds. The SMILES string of the molecule is CC1(c2ccc(O)cc2)CC(c2ccc(O)cc2)=Nc2ccccc2N1. The quantitative estimate of drug-likeness (QED) is 0.616. The molecule has 0 radical (unpaired) electrons. The van der Waals surface area contributed by atoms with Crippen LogP contribution in [0.1, 0.15) is 24.5 Å². The lowest BCUT2D eigenvalue weighted by Crippen LogP contribution is -2.33. The van der Waals surface area contributed by atoms with Gasteiger partial charge in [-0.15, -0.1) is 0 Å². The van der Waals surface area contributed by atoms with Gasteiger partial charge in [-0.25, -0.2) is 0 Å². The van der Waals surface area contributed by atoms with Crippen LogP contribution < -0.4 is 5.32 Å². The Kier molecular flexibility index (Phi) is 3.88. The van der Waals surface area contributed by atoms with E-state index < -0.39 is 5.54 Å². The second-order valence-corrected chi connectivity index (χ2v) is 6.80. The number of phenolic OH excluding ortho intramolecular Hbond substituents is 2. The molecule has 1 aliphatic heterocycles. The molecule has 1 heterocycles. The fourth-order valence-electron chi connectivity index (χ4n) is 3.36. The third kappa shape index (κ3) is 3.02. The van der Waals surface area contributed by atoms with Gasteiger partial charge in [0.1, 0.15) is 11.5 Å². The zero-order chi connectivity index (χ0) is 18.1. The van der Waals surface area contributed by atoms with Gasteiger partial charge in [-0.1, -0.05) is 24.3 Å². The lowest BCUT2D eigenvalue weighted by Gasteiger charge is -2.32. The molecule has 0 saturated carbocycles. The summed E-state index contributed by atoms with van der Waals surface area (Å²) in [4.78, 5) is 4.90. The third-order valence-corrected chi connectivity index (χ3v) is 4.80. The van der Waals surface area contributed by atoms with E-state index in [0.29, 0.717) is 6.42 Å². The van der Waals surface area contributed by atoms with Crippen molar-refractivity contribution in [2.45, 2.75) is 18.9 Å². The van der Waals surface area contributed by atoms with Crippen LogP contribution in [0.15, 0.2) is 77.8 Å². The molecule has 130 valence electrons. The second-order valence-electron chi connectivity index (χ2n) is 6.80. The number of hydrogen-bond acceptors (Lipinski definition) is 4. The van der Waals surface area contributed by atoms with Crippen LogP contribution in [0.5, 0.6) is 11.5 Å². The molecule has 1 aliphatic rings. The number of benzene rings is 3. The smallest absolute Gasteiger partial charge is 0.115 e. The van der Waals surface area contributed by atoms with Crippen LogP contribution in [0.2, 0.25) is 0 Å². The molecule has 0 aromatic heterocycles. The summed E-state index contributed by atoms with van der Waals surface area (Å²) in [5.41, 5.74) is 4.45. The molecule has 26 heavy (non-hydrogen) atoms. The average molecular weight is 344 g/mol. The van der Waals surface area contributed by atoms with Gasteiger partial charge in [0.25, 0.3) is 0 Å². The van der Waals surface area contributed by atoms with Gasteiger partial charge in [-0.05, 0) is 66.6 Å². The van der Waals surface area contributed by atoms with Crippen LogP contribution in [0.25, 0.3) is 0 Å². The maximum absolute atomic E-state index is 9.64. The topological polar surface area (TPSA) is 64.8 Å². The first-order chi connectivity index (χ1) is 12.5. The summed E-state index contributed by atoms with van der Waals surface area (Å²) >= 11 is 0. The maximum atomic E-state index is 9.64. The molecule has 4 nitrogen and oxygen atoms in total. The molecular formula is C22H20N2O2. The van der Waals surface area contributed by atoms with Crippen LogP contribution in [0.3, 0.4) is 0 Å². The Labute approximate surface area is 152 Å². The van der Waals surface area contributed by atoms with E-state index in [2.05, 4.69) is 12.2 Å². The zero-order valence-corrected chi connectivity index (χ0v) is 14.5. The minimum atomic E-state index is -0.392. The van der Waals surface area contributed by atoms with Gasteiger partial charge < -0.3 is 15.5 Å². The molecule has 3 aromatic carbocycles. The number of fused-ring (bicyclic) bond motifs is 1. The summed E-state index contributed by atoms with van der Waals surface area (Å²) in [6.45, 7) is 2.14. The first-order valence-electron chi connectivity index (χ1n) is 8.57. The van der Waals surface area contributed by atoms with E-state index in [0.717, 1.165) is 28.2 Å². The van der Waals surface area contributed by atoms with E-state index in [4.69, 9.17) is 4.99 Å². The van der Waals surface area contributed by atoms with Gasteiger partial charge in [0.2, 0.25) is 0 Å². The fraction of sp³-hybridized carbons (Fsp3) is 0.136. The number of hydrogen-bond donors (Lipinski definition) is 3. The van der Waals surface area contributed by atoms with Gasteiger partial charge in [0, 0.05) is 6.42 Å². The molecular weight excluding hydrogens is 324 g/mol. The van der Waals surface area contributed by atoms with Crippen molar-refractivity contribution in [1.82, 2.24) is 0 Å². The van der Waals surface area contributed by atoms with Crippen LogP contribution in [-0.4, -0.2) is 15.9 Å². The largest absolute Gasteiger partial charge is 0.508 e. The molecule has 4 rings (SSSR count). The molecule has 0 saturated heterocycles. The summed E-state index contributed by atoms with van der Waals surface area (Å²) in [5, 5.41) is 22.9. The summed E-state index contributed by atoms with van der Waals surface area (Å²) in [6.07, 6.45) is 0.664. The third-order valence-electron chi connectivity index (χ3n) is 4.80. The van der Waals surface area contributed by atoms with E-state index in [1.807, 2.05) is 48.5 Å². The summed E-state index contributed by atoms with van der Waals surface area (Å²) in [7, 11) is 0. The van der Waals surface area contributed by atoms with Gasteiger partial charge in [-0.3, -0.25) is 4.99 Å². The predicted octanol–water partition coefficient (Wildman–Crippen LogP) is 4.95. The van der Waals surface area contributed by atoms with Crippen molar-refractivity contribution in [3.8, 4) is 11.5 Å². The number of para-hydroxylation sites is 2. The monoisotopic (exact) mass is 344 g/mol. The Morgan fingerprint density at radius 3 is 2.15 bits per heavy atom. The van der Waals surface area contributed by atoms with Crippen molar-refractivity contribution < 1.29 is 10.2 Å². The van der Waals surface area contributed by atoms with E-state index in [9.17, 15) is 10.2 Å². The van der Waals surface area contributed by atoms with Crippen molar-refractivity contribution in [2.75, 3.05) is 5.32 Å². The highest BCUT2D eigenvalue weighted by Crippen LogP contribution is 2.39. The Bertz CT molecular complexity index is 962. The Morgan fingerprint density at radius 2 is 1.46 bits per heavy atom. The molecule has 1 unspecified atom stereocenters. The van der Waals surface area contributed by atoms with Gasteiger partial charge in [0.05, 0.1) is 22.6 Å². The minimum absolute atomic E-state index is 0.239. The second kappa shape index (κ2) is 6.23. The Hall–Kier alpha value is -3.27. The van der Waals surface area contributed by atoms with Gasteiger partial charge in [0.15, 0.2) is 0 Å². The van der Waals surface area contributed by atoms with Crippen molar-refractivity contribution >= 4 is 17.1 Å². The standard InChI is InChI=1S/C22H20N2O2/c1-22(16-8-12-18(26)13-9-16)14-21(15-6-10-17(25)11-7-15)23-19-4-2-3-5-20(19)24-22/h2-13,24-26H,14H2,1H3. The number of anilines is 1. The normalized spacial score (nSPS) is 19.0. The summed E-state index contributed by atoms with van der Waals surface area (Å²) in [6, 6.07) is 22.4. The number of nitrogens with one attached hydrogen (secondary N) is 1. The Morgan fingerprint density at radius 1 is 0.846 bits per heavy atom. The van der Waals surface area contributed by atoms with Gasteiger partial charge in [-0.2, -0.15) is 0 Å². The molecule has 0 bridgehead atoms. The maximum Gasteiger partial charge on any atom is 0.115 e. The minimum Gasteiger partial charge on any atom is -0.508 e. The molecule has 3 aromatic rings. The number of rotatable bonds is 2. The summed E-state index contributed by atoms with van der Waals surface area (Å²) < 4.78 is 0. The van der Waals surface area contributed by atoms with E-state index >= 15 is 0 Å². The highest BCUT2D eigenvalue weighted by Gasteiger charge is 2.32.